The van der Waals surface area contributed by atoms with E-state index >= 15 is 0 Å². The van der Waals surface area contributed by atoms with E-state index in [1.807, 2.05) is 24.3 Å². The van der Waals surface area contributed by atoms with Gasteiger partial charge >= 0.3 is 0 Å². The molecule has 2 saturated heterocycles. The predicted molar refractivity (Wildman–Crippen MR) is 830 cm³/mol. The number of anilines is 1. The zero-order chi connectivity index (χ0) is 91.9. The molecule has 6 rings (SSSR count). The Morgan fingerprint density at radius 2 is 0.636 bits per heavy atom. The molecule has 0 saturated carbocycles. The molecule has 93 heteroatoms. The van der Waals surface area contributed by atoms with Crippen LogP contribution in [0.5, 0.6) is 0 Å². The Labute approximate surface area is 868 Å². The second kappa shape index (κ2) is 74.7. The number of nitrogens with two attached hydrogens (primary N) is 1. The van der Waals surface area contributed by atoms with E-state index < -0.39 is 50.0 Å². The zero-order valence-corrected chi connectivity index (χ0v) is 148. The highest BCUT2D eigenvalue weighted by atomic mass is 33.6. The fourth-order valence-electron chi connectivity index (χ4n) is 9.78. The monoisotopic (exact) mass is 3170 g/mol. The Morgan fingerprint density at radius 1 is 0.355 bits per heavy atom. The van der Waals surface area contributed by atoms with Crippen LogP contribution in [0.15, 0.2) is 70.2 Å². The number of ether oxygens (including phenoxy) is 2. The molecule has 4 aromatic rings. The quantitative estimate of drug-likeness (QED) is 0.0411. The third-order valence-corrected chi connectivity index (χ3v) is 594. The summed E-state index contributed by atoms with van der Waals surface area (Å²) in [6.07, 6.45) is 4.32. The first-order chi connectivity index (χ1) is 56.2. The van der Waals surface area contributed by atoms with Crippen LogP contribution in [0.3, 0.4) is 0 Å². The molecule has 0 radical (unpaired) electrons. The lowest BCUT2D eigenvalue weighted by molar-refractivity contribution is 0.0827. The van der Waals surface area contributed by atoms with Crippen molar-refractivity contribution in [2.45, 2.75) is 42.2 Å². The van der Waals surface area contributed by atoms with E-state index in [1.165, 1.54) is 0 Å². The van der Waals surface area contributed by atoms with Crippen molar-refractivity contribution >= 4 is 670 Å². The van der Waals surface area contributed by atoms with Crippen LogP contribution < -0.4 is 11.1 Å². The minimum atomic E-state index is -3.44. The van der Waals surface area contributed by atoms with Crippen molar-refractivity contribution in [3.8, 4) is 34.0 Å². The van der Waals surface area contributed by atoms with Crippen molar-refractivity contribution in [1.29, 1.82) is 0 Å². The molecular weight excluding hydrogens is 3060 g/mol. The number of nitrogens with one attached hydrogen (secondary N) is 1. The molecule has 2 fully saturated rings. The van der Waals surface area contributed by atoms with Gasteiger partial charge < -0.3 is 19.7 Å². The minimum absolute atomic E-state index is 0.128. The molecule has 3 N–H and O–H groups in total. The minimum Gasteiger partial charge on any atom is -0.382 e. The maximum atomic E-state index is 12.8. The first kappa shape index (κ1) is 143. The summed E-state index contributed by atoms with van der Waals surface area (Å²) in [7, 11) is 152. The molecule has 696 valence electrons. The average molecular weight is 3170 g/mol. The maximum Gasteiger partial charge on any atom is 0.189 e. The Bertz CT molecular complexity index is 3400. The summed E-state index contributed by atoms with van der Waals surface area (Å²) in [6.45, 7) is -12.2. The predicted octanol–water partition coefficient (Wildman–Crippen LogP) is 52.0. The van der Waals surface area contributed by atoms with Gasteiger partial charge in [0.25, 0.3) is 0 Å². The topological polar surface area (TPSA) is 142 Å². The van der Waals surface area contributed by atoms with Gasteiger partial charge in [-0.3, -0.25) is 5.32 Å². The first-order valence-corrected chi connectivity index (χ1v) is 182. The Balaban J connectivity index is 0.000000544. The molecule has 0 amide bonds. The number of nitrogen functional groups attached to an aromatic ring is 1. The second-order valence-electron chi connectivity index (χ2n) is 22.8. The summed E-state index contributed by atoms with van der Waals surface area (Å²) in [5.41, 5.74) is 10.4. The van der Waals surface area contributed by atoms with Gasteiger partial charge in [0, 0.05) is 37.0 Å². The fraction of sp³-hybridized carbons (Fsp3) is 0.321. The Kier molecular flexibility index (Phi) is 88.3. The molecule has 2 aliphatic rings. The third kappa shape index (κ3) is 45.7. The Hall–Kier alpha value is 31.6. The number of sulfone groups is 1. The molecule has 2 aromatic carbocycles. The molecule has 2 aliphatic heterocycles. The van der Waals surface area contributed by atoms with Gasteiger partial charge in [-0.2, -0.15) is 0 Å². The molecule has 45 unspecified atom stereocenters. The van der Waals surface area contributed by atoms with Gasteiger partial charge in [-0.05, 0) is 316 Å². The highest BCUT2D eigenvalue weighted by molar-refractivity contribution is 9.58. The number of rotatable bonds is 47. The SMILES string of the molecule is Nc1ncc(-c2ccc(S(=O)(=O)C3CCOC3)cc2)nc1-c1cc(-c2ccc(CN[C@@H]3CCCO3)cc2)no1.PP(P)P(P(P)P)P(P(P)P)P(P(P(P)P)P(P)P)P(P(P(P(P(P)P)P(P)P)P(P(P)P)P(P)P)P(P(P(P)P)P(P)P)P(P(P)P)P(P)P)P(P(P(P(P)P)P(P)P)P(P(P)P)P(P)P)P(P(P(P)P)P(P)P)P(P(P)P)P(P)P. The summed E-state index contributed by atoms with van der Waals surface area (Å²) >= 11 is 0. The van der Waals surface area contributed by atoms with Crippen molar-refractivity contribution in [3.05, 3.63) is 66.4 Å². The number of nitrogens with zero attached hydrogens (tertiary/aromatic N) is 3. The molecule has 121 heavy (non-hydrogen) atoms. The van der Waals surface area contributed by atoms with Crippen LogP contribution in [0.1, 0.15) is 24.8 Å². The number of hydrogen-bond acceptors (Lipinski definition) is 10. The lowest BCUT2D eigenvalue weighted by Gasteiger charge is -2.63. The molecule has 0 aliphatic carbocycles. The van der Waals surface area contributed by atoms with Crippen LogP contribution in [0, 0.1) is 0 Å². The lowest BCUT2D eigenvalue weighted by Crippen LogP contribution is -2.27. The van der Waals surface area contributed by atoms with Crippen molar-refractivity contribution in [1.82, 2.24) is 20.4 Å². The second-order valence-corrected chi connectivity index (χ2v) is 365. The van der Waals surface area contributed by atoms with Crippen molar-refractivity contribution < 1.29 is 22.4 Å². The smallest absolute Gasteiger partial charge is 0.189 e. The van der Waals surface area contributed by atoms with E-state index in [1.54, 1.807) is 36.5 Å². The summed E-state index contributed by atoms with van der Waals surface area (Å²) in [5.74, 6) is 0.596. The Morgan fingerprint density at radius 3 is 0.917 bits per heavy atom. The van der Waals surface area contributed by atoms with Crippen LogP contribution in [0.2, 0.25) is 0 Å². The van der Waals surface area contributed by atoms with E-state index in [9.17, 15) is 8.42 Å². The summed E-state index contributed by atoms with van der Waals surface area (Å²) in [6, 6.07) is 16.5. The van der Waals surface area contributed by atoms with Gasteiger partial charge in [0.15, 0.2) is 27.1 Å². The van der Waals surface area contributed by atoms with Crippen molar-refractivity contribution in [2.24, 2.45) is 0 Å². The number of hydrogen-bond donors (Lipinski definition) is 2. The van der Waals surface area contributed by atoms with Crippen LogP contribution >= 0.6 is 654 Å². The third-order valence-electron chi connectivity index (χ3n) is 14.3. The van der Waals surface area contributed by atoms with Crippen LogP contribution in [0.4, 0.5) is 5.82 Å². The van der Waals surface area contributed by atoms with Crippen molar-refractivity contribution in [2.75, 3.05) is 25.6 Å². The summed E-state index contributed by atoms with van der Waals surface area (Å²) in [5, 5.41) is 7.11. The van der Waals surface area contributed by atoms with E-state index in [0.29, 0.717) is 41.4 Å². The van der Waals surface area contributed by atoms with E-state index in [2.05, 4.69) is 395 Å². The highest BCUT2D eigenvalue weighted by Gasteiger charge is 2.65. The highest BCUT2D eigenvalue weighted by Crippen LogP contribution is 3.52. The first-order valence-electron chi connectivity index (χ1n) is 31.6. The van der Waals surface area contributed by atoms with Gasteiger partial charge in [-0.15, -0.1) is 375 Å². The van der Waals surface area contributed by atoms with Gasteiger partial charge in [0.1, 0.15) is 11.9 Å². The molecule has 0 spiro atoms. The standard InChI is InChI=1S/C28H29N5O5S.H84P82/c29-28-27(25-14-23(33-38-25)19-5-3-18(4-6-19)15-30-26-2-1-12-37-26)32-24(16-31-28)20-7-9-21(10-8-20)39(34,35)22-11-13-36-17-22;1-43(2)64(44(3)4)74(63(41)42)79(73(61(37)38)62(39)40)82(80(75(65(45(5)6)46(7)8)66(47(9)10)48(11)12)76(67(49(13)14)50(15)16)68(51(17)18)52(19)20)81(77(69(53(21)22)54(23)24)70(55(25)26)56(27)28)78(71(57(29)30)58(31)32)72(59(33)34)60(35)36/h3-10,14,16,22,26,30H,1-2,11-13,15,17H2,(H2,29,31);1-42H2/t22?,26-;/m0./s1. The maximum absolute atomic E-state index is 12.8. The molecule has 46 atom stereocenters. The lowest BCUT2D eigenvalue weighted by atomic mass is 10.1. The van der Waals surface area contributed by atoms with E-state index in [-0.39, 0.29) is 268 Å². The van der Waals surface area contributed by atoms with E-state index in [4.69, 9.17) is 19.7 Å². The number of aromatic nitrogens is 3. The van der Waals surface area contributed by atoms with Gasteiger partial charge in [0.05, 0.1) is 28.6 Å². The fourth-order valence-corrected chi connectivity index (χ4v) is 1220. The van der Waals surface area contributed by atoms with Gasteiger partial charge in [-0.25, -0.2) is 18.4 Å². The molecule has 4 heterocycles. The number of benzene rings is 2. The van der Waals surface area contributed by atoms with E-state index in [0.717, 1.165) is 37.1 Å². The summed E-state index contributed by atoms with van der Waals surface area (Å²) in [4.78, 5) is 9.21. The molecule has 2 aromatic heterocycles. The molecule has 10 nitrogen and oxygen atoms in total. The summed E-state index contributed by atoms with van der Waals surface area (Å²) < 4.78 is 42.1. The van der Waals surface area contributed by atoms with Crippen LogP contribution in [-0.4, -0.2) is 54.8 Å². The molecular formula is C28H113N5O5P82S. The van der Waals surface area contributed by atoms with Gasteiger partial charge in [0.2, 0.25) is 0 Å². The van der Waals surface area contributed by atoms with Crippen molar-refractivity contribution in [3.63, 3.8) is 0 Å². The normalized spacial score (nSPS) is 16.7. The average Bonchev–Trinajstić information content (AvgIpc) is 1.24. The zero-order valence-electron chi connectivity index (χ0n) is 63.4. The van der Waals surface area contributed by atoms with Gasteiger partial charge in [-0.1, -0.05) is 41.6 Å². The van der Waals surface area contributed by atoms with Crippen LogP contribution in [0.25, 0.3) is 34.0 Å². The molecule has 0 bridgehead atoms. The largest absolute Gasteiger partial charge is 0.382 e. The van der Waals surface area contributed by atoms with Crippen LogP contribution in [-0.2, 0) is 25.9 Å².